The maximum Gasteiger partial charge on any atom is 0.317 e. The number of carboxylic acid groups (broad SMARTS) is 1. The molecule has 2 heterocycles. The molecule has 0 aliphatic carbocycles. The van der Waals surface area contributed by atoms with E-state index < -0.39 is 11.9 Å². The van der Waals surface area contributed by atoms with Gasteiger partial charge in [-0.25, -0.2) is 9.78 Å². The lowest BCUT2D eigenvalue weighted by Gasteiger charge is -2.16. The Balaban J connectivity index is 1.76. The number of likely N-dealkylation sites (tertiary alicyclic amines) is 1. The zero-order valence-corrected chi connectivity index (χ0v) is 10.7. The molecule has 0 bridgehead atoms. The normalized spacial score (nSPS) is 22.5. The highest BCUT2D eigenvalue weighted by molar-refractivity contribution is 5.77. The van der Waals surface area contributed by atoms with Crippen molar-refractivity contribution in [3.05, 3.63) is 12.2 Å². The van der Waals surface area contributed by atoms with E-state index >= 15 is 0 Å². The Morgan fingerprint density at radius 2 is 2.37 bits per heavy atom. The molecule has 1 saturated heterocycles. The minimum atomic E-state index is -0.843. The van der Waals surface area contributed by atoms with Gasteiger partial charge < -0.3 is 15.3 Å². The van der Waals surface area contributed by atoms with Crippen molar-refractivity contribution in [2.24, 2.45) is 11.8 Å². The van der Waals surface area contributed by atoms with Crippen molar-refractivity contribution >= 4 is 12.0 Å². The molecule has 3 N–H and O–H groups in total. The van der Waals surface area contributed by atoms with Crippen molar-refractivity contribution < 1.29 is 14.7 Å². The second-order valence-electron chi connectivity index (χ2n) is 4.74. The van der Waals surface area contributed by atoms with Crippen molar-refractivity contribution in [1.82, 2.24) is 25.4 Å². The molecule has 0 saturated carbocycles. The van der Waals surface area contributed by atoms with E-state index in [9.17, 15) is 9.59 Å². The Bertz CT molecular complexity index is 447. The number of rotatable bonds is 4. The highest BCUT2D eigenvalue weighted by Crippen LogP contribution is 2.22. The SMILES string of the molecule is C[C@@H]1CN(C(=O)NCCc2ncn[nH]2)C[C@H]1C(=O)O. The van der Waals surface area contributed by atoms with Crippen LogP contribution in [-0.2, 0) is 11.2 Å². The molecule has 0 aromatic carbocycles. The molecular weight excluding hydrogens is 250 g/mol. The number of H-pyrrole nitrogens is 1. The second-order valence-corrected chi connectivity index (χ2v) is 4.74. The number of hydrogen-bond donors (Lipinski definition) is 3. The first-order chi connectivity index (χ1) is 9.08. The molecule has 2 atom stereocenters. The summed E-state index contributed by atoms with van der Waals surface area (Å²) >= 11 is 0. The van der Waals surface area contributed by atoms with E-state index in [1.165, 1.54) is 6.33 Å². The van der Waals surface area contributed by atoms with Crippen molar-refractivity contribution in [3.63, 3.8) is 0 Å². The molecular formula is C11H17N5O3. The highest BCUT2D eigenvalue weighted by atomic mass is 16.4. The second kappa shape index (κ2) is 5.68. The lowest BCUT2D eigenvalue weighted by atomic mass is 9.99. The van der Waals surface area contributed by atoms with Crippen molar-refractivity contribution in [3.8, 4) is 0 Å². The van der Waals surface area contributed by atoms with Gasteiger partial charge in [-0.1, -0.05) is 6.92 Å². The number of carbonyl (C=O) groups excluding carboxylic acids is 1. The van der Waals surface area contributed by atoms with Crippen LogP contribution in [0.5, 0.6) is 0 Å². The van der Waals surface area contributed by atoms with Crippen LogP contribution < -0.4 is 5.32 Å². The van der Waals surface area contributed by atoms with Crippen LogP contribution in [0.1, 0.15) is 12.7 Å². The molecule has 2 amide bonds. The number of nitrogens with zero attached hydrogens (tertiary/aromatic N) is 3. The van der Waals surface area contributed by atoms with Gasteiger partial charge in [-0.3, -0.25) is 9.89 Å². The quantitative estimate of drug-likeness (QED) is 0.694. The number of amides is 2. The van der Waals surface area contributed by atoms with Crippen LogP contribution in [0.15, 0.2) is 6.33 Å². The van der Waals surface area contributed by atoms with Crippen LogP contribution >= 0.6 is 0 Å². The Kier molecular flexibility index (Phi) is 3.98. The lowest BCUT2D eigenvalue weighted by molar-refractivity contribution is -0.142. The third-order valence-electron chi connectivity index (χ3n) is 3.32. The minimum absolute atomic E-state index is 0.0162. The first-order valence-corrected chi connectivity index (χ1v) is 6.17. The molecule has 8 nitrogen and oxygen atoms in total. The van der Waals surface area contributed by atoms with E-state index in [1.54, 1.807) is 4.90 Å². The van der Waals surface area contributed by atoms with Crippen LogP contribution in [0.4, 0.5) is 4.79 Å². The molecule has 1 aliphatic heterocycles. The van der Waals surface area contributed by atoms with E-state index in [2.05, 4.69) is 20.5 Å². The van der Waals surface area contributed by atoms with Crippen molar-refractivity contribution in [1.29, 1.82) is 0 Å². The first kappa shape index (κ1) is 13.3. The Labute approximate surface area is 110 Å². The number of carboxylic acids is 1. The standard InChI is InChI=1S/C11H17N5O3/c1-7-4-16(5-8(7)10(17)18)11(19)12-3-2-9-13-6-14-15-9/h6-8H,2-5H2,1H3,(H,12,19)(H,17,18)(H,13,14,15)/t7-,8-/m1/s1. The predicted octanol–water partition coefficient (Wildman–Crippen LogP) is -0.291. The van der Waals surface area contributed by atoms with Crippen LogP contribution in [0, 0.1) is 11.8 Å². The number of aromatic amines is 1. The number of nitrogens with one attached hydrogen (secondary N) is 2. The van der Waals surface area contributed by atoms with Gasteiger partial charge in [-0.05, 0) is 5.92 Å². The van der Waals surface area contributed by atoms with E-state index in [4.69, 9.17) is 5.11 Å². The summed E-state index contributed by atoms with van der Waals surface area (Å²) in [6.07, 6.45) is 1.98. The molecule has 0 radical (unpaired) electrons. The Morgan fingerprint density at radius 1 is 1.58 bits per heavy atom. The van der Waals surface area contributed by atoms with Gasteiger partial charge in [0.05, 0.1) is 5.92 Å². The molecule has 1 aliphatic rings. The predicted molar refractivity (Wildman–Crippen MR) is 65.3 cm³/mol. The van der Waals surface area contributed by atoms with Crippen molar-refractivity contribution in [2.75, 3.05) is 19.6 Å². The third-order valence-corrected chi connectivity index (χ3v) is 3.32. The van der Waals surface area contributed by atoms with Gasteiger partial charge in [0, 0.05) is 26.1 Å². The van der Waals surface area contributed by atoms with Gasteiger partial charge in [0.1, 0.15) is 12.2 Å². The van der Waals surface area contributed by atoms with Gasteiger partial charge >= 0.3 is 12.0 Å². The fourth-order valence-corrected chi connectivity index (χ4v) is 2.20. The number of hydrogen-bond acceptors (Lipinski definition) is 4. The number of aliphatic carboxylic acids is 1. The van der Waals surface area contributed by atoms with Crippen LogP contribution in [0.25, 0.3) is 0 Å². The molecule has 0 unspecified atom stereocenters. The van der Waals surface area contributed by atoms with E-state index in [-0.39, 0.29) is 18.5 Å². The van der Waals surface area contributed by atoms with E-state index in [0.29, 0.717) is 25.3 Å². The summed E-state index contributed by atoms with van der Waals surface area (Å²) in [6, 6.07) is -0.227. The molecule has 1 aromatic heterocycles. The third kappa shape index (κ3) is 3.21. The van der Waals surface area contributed by atoms with Crippen LogP contribution in [-0.4, -0.2) is 56.8 Å². The zero-order valence-electron chi connectivity index (χ0n) is 10.7. The fraction of sp³-hybridized carbons (Fsp3) is 0.636. The molecule has 1 fully saturated rings. The summed E-state index contributed by atoms with van der Waals surface area (Å²) in [5.74, 6) is -0.625. The smallest absolute Gasteiger partial charge is 0.317 e. The fourth-order valence-electron chi connectivity index (χ4n) is 2.20. The number of carbonyl (C=O) groups is 2. The van der Waals surface area contributed by atoms with E-state index in [1.807, 2.05) is 6.92 Å². The molecule has 1 aromatic rings. The highest BCUT2D eigenvalue weighted by Gasteiger charge is 2.36. The Morgan fingerprint density at radius 3 is 2.95 bits per heavy atom. The maximum atomic E-state index is 11.9. The molecule has 19 heavy (non-hydrogen) atoms. The van der Waals surface area contributed by atoms with Gasteiger partial charge in [0.2, 0.25) is 0 Å². The summed E-state index contributed by atoms with van der Waals surface area (Å²) in [7, 11) is 0. The topological polar surface area (TPSA) is 111 Å². The largest absolute Gasteiger partial charge is 0.481 e. The summed E-state index contributed by atoms with van der Waals surface area (Å²) in [5.41, 5.74) is 0. The summed E-state index contributed by atoms with van der Waals surface area (Å²) in [5, 5.41) is 18.2. The summed E-state index contributed by atoms with van der Waals surface area (Å²) in [6.45, 7) is 3.03. The van der Waals surface area contributed by atoms with Gasteiger partial charge in [-0.2, -0.15) is 5.10 Å². The number of urea groups is 1. The lowest BCUT2D eigenvalue weighted by Crippen LogP contribution is -2.39. The first-order valence-electron chi connectivity index (χ1n) is 6.17. The molecule has 2 rings (SSSR count). The Hall–Kier alpha value is -2.12. The summed E-state index contributed by atoms with van der Waals surface area (Å²) in [4.78, 5) is 28.3. The zero-order chi connectivity index (χ0) is 13.8. The monoisotopic (exact) mass is 267 g/mol. The average molecular weight is 267 g/mol. The number of aromatic nitrogens is 3. The van der Waals surface area contributed by atoms with Crippen molar-refractivity contribution in [2.45, 2.75) is 13.3 Å². The van der Waals surface area contributed by atoms with Gasteiger partial charge in [0.25, 0.3) is 0 Å². The summed E-state index contributed by atoms with van der Waals surface area (Å²) < 4.78 is 0. The van der Waals surface area contributed by atoms with Crippen LogP contribution in [0.2, 0.25) is 0 Å². The van der Waals surface area contributed by atoms with E-state index in [0.717, 1.165) is 0 Å². The molecule has 0 spiro atoms. The maximum absolute atomic E-state index is 11.9. The minimum Gasteiger partial charge on any atom is -0.481 e. The average Bonchev–Trinajstić information content (AvgIpc) is 2.98. The van der Waals surface area contributed by atoms with Crippen LogP contribution in [0.3, 0.4) is 0 Å². The van der Waals surface area contributed by atoms with Gasteiger partial charge in [0.15, 0.2) is 0 Å². The molecule has 8 heteroatoms. The molecule has 104 valence electrons. The van der Waals surface area contributed by atoms with Gasteiger partial charge in [-0.15, -0.1) is 0 Å².